The molecular formula is C17H23F4N3O. The molecule has 2 rings (SSSR count). The monoisotopic (exact) mass is 361 g/mol. The first-order valence-corrected chi connectivity index (χ1v) is 8.28. The number of nitrogens with one attached hydrogen (secondary N) is 2. The number of guanidine groups is 1. The molecule has 0 aliphatic heterocycles. The van der Waals surface area contributed by atoms with Crippen LogP contribution in [0.25, 0.3) is 0 Å². The first-order valence-electron chi connectivity index (χ1n) is 8.28. The van der Waals surface area contributed by atoms with Crippen molar-refractivity contribution in [1.29, 1.82) is 0 Å². The highest BCUT2D eigenvalue weighted by molar-refractivity contribution is 5.79. The first-order chi connectivity index (χ1) is 11.9. The molecule has 2 N–H and O–H groups in total. The van der Waals surface area contributed by atoms with Gasteiger partial charge in [-0.2, -0.15) is 13.2 Å². The van der Waals surface area contributed by atoms with Gasteiger partial charge in [-0.25, -0.2) is 4.39 Å². The molecule has 1 saturated carbocycles. The van der Waals surface area contributed by atoms with Gasteiger partial charge in [0, 0.05) is 33.4 Å². The number of hydrogen-bond acceptors (Lipinski definition) is 2. The van der Waals surface area contributed by atoms with Crippen molar-refractivity contribution in [3.8, 4) is 0 Å². The van der Waals surface area contributed by atoms with Crippen molar-refractivity contribution < 1.29 is 22.3 Å². The van der Waals surface area contributed by atoms with Crippen molar-refractivity contribution >= 4 is 5.96 Å². The summed E-state index contributed by atoms with van der Waals surface area (Å²) < 4.78 is 57.5. The van der Waals surface area contributed by atoms with E-state index in [1.807, 2.05) is 0 Å². The third-order valence-electron chi connectivity index (χ3n) is 3.86. The Hall–Kier alpha value is -1.83. The van der Waals surface area contributed by atoms with Crippen LogP contribution in [0.1, 0.15) is 30.4 Å². The molecule has 0 radical (unpaired) electrons. The van der Waals surface area contributed by atoms with Crippen LogP contribution in [0.4, 0.5) is 17.6 Å². The highest BCUT2D eigenvalue weighted by Gasteiger charge is 2.33. The highest BCUT2D eigenvalue weighted by Crippen LogP contribution is 2.32. The third kappa shape index (κ3) is 6.89. The lowest BCUT2D eigenvalue weighted by atomic mass is 10.1. The minimum Gasteiger partial charge on any atom is -0.381 e. The van der Waals surface area contributed by atoms with Gasteiger partial charge in [0.2, 0.25) is 0 Å². The van der Waals surface area contributed by atoms with Gasteiger partial charge in [-0.05, 0) is 42.9 Å². The Labute approximate surface area is 144 Å². The maximum Gasteiger partial charge on any atom is 0.416 e. The molecular weight excluding hydrogens is 338 g/mol. The maximum absolute atomic E-state index is 13.1. The average Bonchev–Trinajstić information content (AvgIpc) is 3.37. The van der Waals surface area contributed by atoms with Gasteiger partial charge in [0.15, 0.2) is 5.96 Å². The van der Waals surface area contributed by atoms with Gasteiger partial charge in [-0.1, -0.05) is 6.07 Å². The molecule has 1 aromatic carbocycles. The summed E-state index contributed by atoms with van der Waals surface area (Å²) in [7, 11) is 1.54. The standard InChI is InChI=1S/C17H23F4N3O/c1-22-16(23-7-2-8-25-11-12-3-4-12)24-10-13-5-6-14(18)9-15(13)17(19,20)21/h5-6,9,12H,2-4,7-8,10-11H2,1H3,(H2,22,23,24). The van der Waals surface area contributed by atoms with Crippen molar-refractivity contribution in [3.05, 3.63) is 35.1 Å². The van der Waals surface area contributed by atoms with Crippen LogP contribution in [0.3, 0.4) is 0 Å². The molecule has 1 aliphatic rings. The average molecular weight is 361 g/mol. The fraction of sp³-hybridized carbons (Fsp3) is 0.588. The van der Waals surface area contributed by atoms with E-state index >= 15 is 0 Å². The van der Waals surface area contributed by atoms with Crippen molar-refractivity contribution in [1.82, 2.24) is 10.6 Å². The summed E-state index contributed by atoms with van der Waals surface area (Å²) in [4.78, 5) is 3.97. The van der Waals surface area contributed by atoms with Gasteiger partial charge < -0.3 is 15.4 Å². The predicted molar refractivity (Wildman–Crippen MR) is 87.8 cm³/mol. The number of hydrogen-bond donors (Lipinski definition) is 2. The van der Waals surface area contributed by atoms with E-state index in [0.29, 0.717) is 25.2 Å². The quantitative estimate of drug-likeness (QED) is 0.323. The van der Waals surface area contributed by atoms with Gasteiger partial charge >= 0.3 is 6.18 Å². The first kappa shape index (κ1) is 19.5. The second kappa shape index (κ2) is 9.03. The summed E-state index contributed by atoms with van der Waals surface area (Å²) in [5, 5.41) is 5.83. The van der Waals surface area contributed by atoms with Crippen LogP contribution in [-0.2, 0) is 17.5 Å². The molecule has 1 aliphatic carbocycles. The number of alkyl halides is 3. The Balaban J connectivity index is 1.76. The molecule has 4 nitrogen and oxygen atoms in total. The normalized spacial score (nSPS) is 15.3. The van der Waals surface area contributed by atoms with E-state index in [1.54, 1.807) is 0 Å². The van der Waals surface area contributed by atoms with Crippen LogP contribution in [0.15, 0.2) is 23.2 Å². The van der Waals surface area contributed by atoms with Gasteiger partial charge in [-0.15, -0.1) is 0 Å². The minimum absolute atomic E-state index is 0.0374. The zero-order valence-corrected chi connectivity index (χ0v) is 14.1. The molecule has 0 heterocycles. The highest BCUT2D eigenvalue weighted by atomic mass is 19.4. The Morgan fingerprint density at radius 3 is 2.68 bits per heavy atom. The molecule has 140 valence electrons. The molecule has 0 unspecified atom stereocenters. The molecule has 0 amide bonds. The van der Waals surface area contributed by atoms with Gasteiger partial charge in [0.1, 0.15) is 5.82 Å². The molecule has 0 atom stereocenters. The molecule has 0 spiro atoms. The zero-order valence-electron chi connectivity index (χ0n) is 14.1. The second-order valence-corrected chi connectivity index (χ2v) is 6.02. The molecule has 0 saturated heterocycles. The van der Waals surface area contributed by atoms with Crippen molar-refractivity contribution in [2.75, 3.05) is 26.8 Å². The van der Waals surface area contributed by atoms with Gasteiger partial charge in [-0.3, -0.25) is 4.99 Å². The van der Waals surface area contributed by atoms with Crippen molar-refractivity contribution in [2.45, 2.75) is 32.0 Å². The molecule has 1 fully saturated rings. The molecule has 8 heteroatoms. The zero-order chi connectivity index (χ0) is 18.3. The summed E-state index contributed by atoms with van der Waals surface area (Å²) in [5.41, 5.74) is -1.02. The van der Waals surface area contributed by atoms with Crippen LogP contribution in [0.5, 0.6) is 0 Å². The number of ether oxygens (including phenoxy) is 1. The molecule has 1 aromatic rings. The van der Waals surface area contributed by atoms with Gasteiger partial charge in [0.25, 0.3) is 0 Å². The van der Waals surface area contributed by atoms with E-state index in [0.717, 1.165) is 31.1 Å². The number of halogens is 4. The summed E-state index contributed by atoms with van der Waals surface area (Å²) >= 11 is 0. The summed E-state index contributed by atoms with van der Waals surface area (Å²) in [6, 6.07) is 2.65. The van der Waals surface area contributed by atoms with E-state index in [-0.39, 0.29) is 12.1 Å². The SMILES string of the molecule is CN=C(NCCCOCC1CC1)NCc1ccc(F)cc1C(F)(F)F. The lowest BCUT2D eigenvalue weighted by Crippen LogP contribution is -2.38. The number of aliphatic imine (C=N–C) groups is 1. The largest absolute Gasteiger partial charge is 0.416 e. The van der Waals surface area contributed by atoms with E-state index in [2.05, 4.69) is 15.6 Å². The predicted octanol–water partition coefficient (Wildman–Crippen LogP) is 3.33. The van der Waals surface area contributed by atoms with E-state index in [9.17, 15) is 17.6 Å². The number of benzene rings is 1. The Morgan fingerprint density at radius 1 is 1.28 bits per heavy atom. The van der Waals surface area contributed by atoms with Crippen molar-refractivity contribution in [2.24, 2.45) is 10.9 Å². The topological polar surface area (TPSA) is 45.7 Å². The summed E-state index contributed by atoms with van der Waals surface area (Å²) in [6.45, 7) is 1.93. The molecule has 0 aromatic heterocycles. The van der Waals surface area contributed by atoms with Crippen LogP contribution in [-0.4, -0.2) is 32.8 Å². The molecule has 0 bridgehead atoms. The Bertz CT molecular complexity index is 586. The van der Waals surface area contributed by atoms with Crippen LogP contribution in [0.2, 0.25) is 0 Å². The summed E-state index contributed by atoms with van der Waals surface area (Å²) in [5.74, 6) is 0.199. The number of nitrogens with zero attached hydrogens (tertiary/aromatic N) is 1. The lowest BCUT2D eigenvalue weighted by molar-refractivity contribution is -0.138. The van der Waals surface area contributed by atoms with E-state index < -0.39 is 17.6 Å². The Morgan fingerprint density at radius 2 is 2.04 bits per heavy atom. The fourth-order valence-electron chi connectivity index (χ4n) is 2.28. The second-order valence-electron chi connectivity index (χ2n) is 6.02. The van der Waals surface area contributed by atoms with Crippen LogP contribution >= 0.6 is 0 Å². The lowest BCUT2D eigenvalue weighted by Gasteiger charge is -2.16. The minimum atomic E-state index is -4.60. The van der Waals surface area contributed by atoms with Crippen LogP contribution < -0.4 is 10.6 Å². The fourth-order valence-corrected chi connectivity index (χ4v) is 2.28. The summed E-state index contributed by atoms with van der Waals surface area (Å²) in [6.07, 6.45) is -1.33. The Kier molecular flexibility index (Phi) is 7.04. The van der Waals surface area contributed by atoms with Crippen LogP contribution in [0, 0.1) is 11.7 Å². The van der Waals surface area contributed by atoms with E-state index in [4.69, 9.17) is 4.74 Å². The van der Waals surface area contributed by atoms with Gasteiger partial charge in [0.05, 0.1) is 5.56 Å². The third-order valence-corrected chi connectivity index (χ3v) is 3.86. The number of rotatable bonds is 8. The molecule has 25 heavy (non-hydrogen) atoms. The maximum atomic E-state index is 13.1. The van der Waals surface area contributed by atoms with Crippen molar-refractivity contribution in [3.63, 3.8) is 0 Å². The smallest absolute Gasteiger partial charge is 0.381 e. The van der Waals surface area contributed by atoms with E-state index in [1.165, 1.54) is 19.9 Å².